The molecule has 60 heavy (non-hydrogen) atoms. The lowest BCUT2D eigenvalue weighted by molar-refractivity contribution is 1.07. The van der Waals surface area contributed by atoms with Gasteiger partial charge in [-0.2, -0.15) is 0 Å². The van der Waals surface area contributed by atoms with E-state index in [9.17, 15) is 0 Å². The van der Waals surface area contributed by atoms with Gasteiger partial charge < -0.3 is 9.13 Å². The van der Waals surface area contributed by atoms with E-state index in [-0.39, 0.29) is 0 Å². The summed E-state index contributed by atoms with van der Waals surface area (Å²) in [5.41, 5.74) is 11.9. The largest absolute Gasteiger partial charge is 0.307 e. The third-order valence-corrected chi connectivity index (χ3v) is 11.7. The molecule has 3 heterocycles. The highest BCUT2D eigenvalue weighted by atomic mass is 15.1. The van der Waals surface area contributed by atoms with Gasteiger partial charge in [0.25, 0.3) is 0 Å². The van der Waals surface area contributed by atoms with Crippen molar-refractivity contribution in [2.45, 2.75) is 0 Å². The highest BCUT2D eigenvalue weighted by Crippen LogP contribution is 2.43. The van der Waals surface area contributed by atoms with Crippen molar-refractivity contribution in [3.8, 4) is 56.7 Å². The number of benzene rings is 9. The fourth-order valence-electron chi connectivity index (χ4n) is 9.00. The Morgan fingerprint density at radius 3 is 1.37 bits per heavy atom. The molecule has 0 N–H and O–H groups in total. The molecule has 0 fully saturated rings. The molecular formula is C55H35N5. The molecule has 5 nitrogen and oxygen atoms in total. The van der Waals surface area contributed by atoms with E-state index >= 15 is 0 Å². The molecule has 0 amide bonds. The van der Waals surface area contributed by atoms with Crippen molar-refractivity contribution in [3.05, 3.63) is 212 Å². The number of aromatic nitrogens is 5. The summed E-state index contributed by atoms with van der Waals surface area (Å²) in [6.07, 6.45) is 0. The molecule has 0 aliphatic heterocycles. The van der Waals surface area contributed by atoms with E-state index < -0.39 is 0 Å². The molecule has 0 aliphatic carbocycles. The Labute approximate surface area is 346 Å². The van der Waals surface area contributed by atoms with E-state index in [2.05, 4.69) is 185 Å². The lowest BCUT2D eigenvalue weighted by Crippen LogP contribution is -2.02. The fraction of sp³-hybridized carbons (Fsp3) is 0. The van der Waals surface area contributed by atoms with Gasteiger partial charge in [0.1, 0.15) is 0 Å². The van der Waals surface area contributed by atoms with Crippen LogP contribution >= 0.6 is 0 Å². The van der Waals surface area contributed by atoms with Gasteiger partial charge in [0.2, 0.25) is 0 Å². The lowest BCUT2D eigenvalue weighted by atomic mass is 10.0. The average Bonchev–Trinajstić information content (AvgIpc) is 3.84. The number of hydrogen-bond donors (Lipinski definition) is 0. The minimum absolute atomic E-state index is 0.620. The van der Waals surface area contributed by atoms with E-state index in [1.807, 2.05) is 36.4 Å². The summed E-state index contributed by atoms with van der Waals surface area (Å²) in [6.45, 7) is 0. The zero-order valence-corrected chi connectivity index (χ0v) is 32.4. The minimum Gasteiger partial charge on any atom is -0.307 e. The maximum Gasteiger partial charge on any atom is 0.164 e. The third-order valence-electron chi connectivity index (χ3n) is 11.7. The smallest absolute Gasteiger partial charge is 0.164 e. The number of nitrogens with zero attached hydrogens (tertiary/aromatic N) is 5. The lowest BCUT2D eigenvalue weighted by Gasteiger charge is -2.17. The van der Waals surface area contributed by atoms with Crippen LogP contribution in [0.3, 0.4) is 0 Å². The monoisotopic (exact) mass is 765 g/mol. The Morgan fingerprint density at radius 1 is 0.283 bits per heavy atom. The molecule has 3 aromatic heterocycles. The molecule has 0 radical (unpaired) electrons. The van der Waals surface area contributed by atoms with Crippen molar-refractivity contribution < 1.29 is 0 Å². The van der Waals surface area contributed by atoms with E-state index in [0.717, 1.165) is 50.2 Å². The van der Waals surface area contributed by atoms with Crippen molar-refractivity contribution in [2.24, 2.45) is 0 Å². The van der Waals surface area contributed by atoms with Gasteiger partial charge in [-0.3, -0.25) is 0 Å². The van der Waals surface area contributed by atoms with Crippen LogP contribution in [0, 0.1) is 0 Å². The second-order valence-corrected chi connectivity index (χ2v) is 15.2. The van der Waals surface area contributed by atoms with Gasteiger partial charge in [-0.15, -0.1) is 0 Å². The average molecular weight is 766 g/mol. The van der Waals surface area contributed by atoms with Crippen LogP contribution < -0.4 is 0 Å². The van der Waals surface area contributed by atoms with Gasteiger partial charge in [0, 0.05) is 49.3 Å². The van der Waals surface area contributed by atoms with Gasteiger partial charge in [-0.25, -0.2) is 15.0 Å². The van der Waals surface area contributed by atoms with E-state index in [4.69, 9.17) is 15.0 Å². The first-order valence-electron chi connectivity index (χ1n) is 20.3. The summed E-state index contributed by atoms with van der Waals surface area (Å²) in [6, 6.07) is 75.1. The second kappa shape index (κ2) is 13.8. The first-order valence-corrected chi connectivity index (χ1v) is 20.3. The fourth-order valence-corrected chi connectivity index (χ4v) is 9.00. The summed E-state index contributed by atoms with van der Waals surface area (Å²) >= 11 is 0. The Bertz CT molecular complexity index is 3530. The highest BCUT2D eigenvalue weighted by molar-refractivity contribution is 6.20. The molecule has 0 atom stereocenters. The van der Waals surface area contributed by atoms with Crippen LogP contribution in [0.25, 0.3) is 111 Å². The molecule has 12 rings (SSSR count). The summed E-state index contributed by atoms with van der Waals surface area (Å²) in [5, 5.41) is 7.28. The van der Waals surface area contributed by atoms with Crippen LogP contribution in [0.15, 0.2) is 212 Å². The Balaban J connectivity index is 1.07. The van der Waals surface area contributed by atoms with Crippen molar-refractivity contribution in [1.29, 1.82) is 0 Å². The Morgan fingerprint density at radius 2 is 0.733 bits per heavy atom. The number of rotatable bonds is 6. The van der Waals surface area contributed by atoms with Crippen LogP contribution in [0.1, 0.15) is 0 Å². The molecular weight excluding hydrogens is 731 g/mol. The predicted octanol–water partition coefficient (Wildman–Crippen LogP) is 13.9. The predicted molar refractivity (Wildman–Crippen MR) is 248 cm³/mol. The van der Waals surface area contributed by atoms with Gasteiger partial charge >= 0.3 is 0 Å². The minimum atomic E-state index is 0.620. The molecule has 0 aliphatic rings. The first kappa shape index (κ1) is 33.9. The molecule has 12 aromatic rings. The standard InChI is InChI=1S/C55H35N5/c1-3-16-36(17-4-1)39-21-15-22-41(34-39)55-57-53(37-18-5-2-6-19-37)56-54(58-55)38-30-32-42(33-31-38)59-48-27-12-11-26-46(48)47-35-40-20-7-8-23-43(40)51(52(47)59)60-49-28-13-9-24-44(49)45-25-10-14-29-50(45)60/h1-35H. The summed E-state index contributed by atoms with van der Waals surface area (Å²) < 4.78 is 4.91. The Kier molecular flexibility index (Phi) is 7.78. The highest BCUT2D eigenvalue weighted by Gasteiger charge is 2.23. The van der Waals surface area contributed by atoms with Crippen LogP contribution in [-0.4, -0.2) is 24.1 Å². The number of fused-ring (bicyclic) bond motifs is 7. The molecule has 0 saturated carbocycles. The van der Waals surface area contributed by atoms with Crippen LogP contribution in [0.2, 0.25) is 0 Å². The van der Waals surface area contributed by atoms with E-state index in [1.54, 1.807) is 0 Å². The summed E-state index contributed by atoms with van der Waals surface area (Å²) in [7, 11) is 0. The van der Waals surface area contributed by atoms with Crippen LogP contribution in [0.5, 0.6) is 0 Å². The molecule has 0 spiro atoms. The maximum absolute atomic E-state index is 5.13. The molecule has 0 unspecified atom stereocenters. The van der Waals surface area contributed by atoms with Gasteiger partial charge in [-0.05, 0) is 71.1 Å². The van der Waals surface area contributed by atoms with Crippen LogP contribution in [0.4, 0.5) is 0 Å². The molecule has 9 aromatic carbocycles. The van der Waals surface area contributed by atoms with Gasteiger partial charge in [0.15, 0.2) is 17.5 Å². The van der Waals surface area contributed by atoms with Crippen molar-refractivity contribution in [1.82, 2.24) is 24.1 Å². The summed E-state index contributed by atoms with van der Waals surface area (Å²) in [4.78, 5) is 15.2. The first-order chi connectivity index (χ1) is 29.8. The number of para-hydroxylation sites is 3. The zero-order chi connectivity index (χ0) is 39.6. The van der Waals surface area contributed by atoms with Crippen molar-refractivity contribution >= 4 is 54.4 Å². The van der Waals surface area contributed by atoms with E-state index in [0.29, 0.717) is 17.5 Å². The zero-order valence-electron chi connectivity index (χ0n) is 32.4. The third kappa shape index (κ3) is 5.44. The maximum atomic E-state index is 5.13. The molecule has 0 saturated heterocycles. The topological polar surface area (TPSA) is 48.5 Å². The van der Waals surface area contributed by atoms with Crippen molar-refractivity contribution in [2.75, 3.05) is 0 Å². The van der Waals surface area contributed by atoms with Crippen LogP contribution in [-0.2, 0) is 0 Å². The quantitative estimate of drug-likeness (QED) is 0.169. The van der Waals surface area contributed by atoms with E-state index in [1.165, 1.54) is 43.4 Å². The molecule has 0 bridgehead atoms. The Hall–Kier alpha value is -8.15. The van der Waals surface area contributed by atoms with Gasteiger partial charge in [-0.1, -0.05) is 158 Å². The summed E-state index contributed by atoms with van der Waals surface area (Å²) in [5.74, 6) is 1.88. The van der Waals surface area contributed by atoms with Gasteiger partial charge in [0.05, 0.1) is 27.8 Å². The number of hydrogen-bond acceptors (Lipinski definition) is 3. The normalized spacial score (nSPS) is 11.7. The molecule has 5 heteroatoms. The second-order valence-electron chi connectivity index (χ2n) is 15.2. The molecule has 280 valence electrons. The SMILES string of the molecule is c1ccc(-c2cccc(-c3nc(-c4ccccc4)nc(-c4ccc(-n5c6ccccc6c6cc7ccccc7c(-n7c8ccccc8c8ccccc87)c65)cc4)n3)c2)cc1. The van der Waals surface area contributed by atoms with Crippen molar-refractivity contribution in [3.63, 3.8) is 0 Å².